The van der Waals surface area contributed by atoms with Crippen LogP contribution in [0.4, 0.5) is 0 Å². The van der Waals surface area contributed by atoms with Crippen molar-refractivity contribution in [1.82, 2.24) is 0 Å². The lowest BCUT2D eigenvalue weighted by molar-refractivity contribution is -0.162. The summed E-state index contributed by atoms with van der Waals surface area (Å²) in [5.41, 5.74) is -1.16. The zero-order valence-electron chi connectivity index (χ0n) is 21.1. The Hall–Kier alpha value is -2.46. The van der Waals surface area contributed by atoms with Gasteiger partial charge in [0.15, 0.2) is 0 Å². The van der Waals surface area contributed by atoms with Gasteiger partial charge in [0, 0.05) is 0 Å². The first-order valence-electron chi connectivity index (χ1n) is 10.5. The minimum absolute atomic E-state index is 0.0545. The van der Waals surface area contributed by atoms with Crippen LogP contribution in [0.2, 0.25) is 0 Å². The van der Waals surface area contributed by atoms with Crippen molar-refractivity contribution in [2.24, 2.45) is 11.8 Å². The van der Waals surface area contributed by atoms with Crippen molar-refractivity contribution < 1.29 is 48.0 Å². The van der Waals surface area contributed by atoms with Crippen LogP contribution < -0.4 is 0 Å². The van der Waals surface area contributed by atoms with Crippen LogP contribution in [0.15, 0.2) is 12.7 Å². The van der Waals surface area contributed by atoms with E-state index in [0.717, 1.165) is 0 Å². The van der Waals surface area contributed by atoms with Crippen LogP contribution in [-0.4, -0.2) is 74.2 Å². The van der Waals surface area contributed by atoms with E-state index in [2.05, 4.69) is 16.1 Å². The summed E-state index contributed by atoms with van der Waals surface area (Å²) in [6, 6.07) is 0. The average molecular weight is 477 g/mol. The summed E-state index contributed by atoms with van der Waals surface area (Å²) >= 11 is 0. The Morgan fingerprint density at radius 3 is 1.55 bits per heavy atom. The molecule has 2 atom stereocenters. The third kappa shape index (κ3) is 18.8. The molecule has 0 aliphatic heterocycles. The first-order valence-corrected chi connectivity index (χ1v) is 10.5. The summed E-state index contributed by atoms with van der Waals surface area (Å²) in [6.45, 7) is 14.0. The molecule has 10 heteroatoms. The van der Waals surface area contributed by atoms with Gasteiger partial charge in [-0.25, -0.2) is 0 Å². The standard InChI is InChI=1S/C13H22O5.C10H18O5/c1-6-7-17-9-10(12(15)16-5)8-11(14)18-13(2,3)4;1-10(2,3)15-8(12)5-7(6-11)9(13)14-4/h6,10H,1,7-9H2,2-5H3;7,11H,5-6H2,1-4H3/t10-;7-/m00/s1. The molecule has 0 spiro atoms. The molecule has 0 aromatic heterocycles. The second kappa shape index (κ2) is 16.2. The molecular formula is C23H40O10. The lowest BCUT2D eigenvalue weighted by Gasteiger charge is -2.21. The van der Waals surface area contributed by atoms with E-state index in [0.29, 0.717) is 6.61 Å². The number of aliphatic hydroxyl groups excluding tert-OH is 1. The molecule has 0 amide bonds. The van der Waals surface area contributed by atoms with Gasteiger partial charge in [-0.05, 0) is 41.5 Å². The van der Waals surface area contributed by atoms with Gasteiger partial charge in [0.1, 0.15) is 11.2 Å². The van der Waals surface area contributed by atoms with Crippen molar-refractivity contribution in [2.75, 3.05) is 34.0 Å². The van der Waals surface area contributed by atoms with Crippen LogP contribution in [0.25, 0.3) is 0 Å². The predicted octanol–water partition coefficient (Wildman–Crippen LogP) is 2.21. The van der Waals surface area contributed by atoms with Crippen LogP contribution in [0.5, 0.6) is 0 Å². The minimum atomic E-state index is -0.843. The molecule has 0 fully saturated rings. The van der Waals surface area contributed by atoms with E-state index < -0.39 is 53.5 Å². The van der Waals surface area contributed by atoms with E-state index in [-0.39, 0.29) is 19.4 Å². The SMILES string of the molecule is C=CCOC[C@H](CC(=O)OC(C)(C)C)C(=O)OC.COC(=O)[C@H](CO)CC(=O)OC(C)(C)C. The lowest BCUT2D eigenvalue weighted by Crippen LogP contribution is -2.29. The third-order valence-corrected chi connectivity index (χ3v) is 3.51. The molecule has 0 aliphatic carbocycles. The summed E-state index contributed by atoms with van der Waals surface area (Å²) < 4.78 is 24.4. The number of esters is 4. The van der Waals surface area contributed by atoms with Crippen LogP contribution >= 0.6 is 0 Å². The largest absolute Gasteiger partial charge is 0.469 e. The Morgan fingerprint density at radius 2 is 1.21 bits per heavy atom. The first-order chi connectivity index (χ1) is 15.1. The van der Waals surface area contributed by atoms with Crippen molar-refractivity contribution in [1.29, 1.82) is 0 Å². The number of hydrogen-bond acceptors (Lipinski definition) is 10. The number of carbonyl (C=O) groups is 4. The van der Waals surface area contributed by atoms with Gasteiger partial charge in [-0.15, -0.1) is 6.58 Å². The molecule has 0 bridgehead atoms. The van der Waals surface area contributed by atoms with Gasteiger partial charge in [0.25, 0.3) is 0 Å². The summed E-state index contributed by atoms with van der Waals surface area (Å²) in [7, 11) is 2.48. The molecule has 10 nitrogen and oxygen atoms in total. The number of ether oxygens (including phenoxy) is 5. The number of hydrogen-bond donors (Lipinski definition) is 1. The minimum Gasteiger partial charge on any atom is -0.469 e. The lowest BCUT2D eigenvalue weighted by atomic mass is 10.1. The molecule has 0 unspecified atom stereocenters. The Morgan fingerprint density at radius 1 is 0.818 bits per heavy atom. The zero-order chi connectivity index (χ0) is 26.2. The average Bonchev–Trinajstić information content (AvgIpc) is 2.68. The molecule has 0 saturated carbocycles. The second-order valence-electron chi connectivity index (χ2n) is 9.03. The van der Waals surface area contributed by atoms with Crippen LogP contribution in [-0.2, 0) is 42.9 Å². The van der Waals surface area contributed by atoms with Gasteiger partial charge in [0.05, 0.1) is 58.7 Å². The first kappa shape index (κ1) is 32.7. The van der Waals surface area contributed by atoms with Gasteiger partial charge in [0.2, 0.25) is 0 Å². The van der Waals surface area contributed by atoms with E-state index in [9.17, 15) is 19.2 Å². The fraction of sp³-hybridized carbons (Fsp3) is 0.739. The normalized spacial score (nSPS) is 12.9. The molecule has 0 saturated heterocycles. The van der Waals surface area contributed by atoms with Gasteiger partial charge in [-0.3, -0.25) is 19.2 Å². The Bertz CT molecular complexity index is 628. The van der Waals surface area contributed by atoms with Crippen LogP contribution in [0.1, 0.15) is 54.4 Å². The van der Waals surface area contributed by atoms with E-state index in [1.807, 2.05) is 0 Å². The summed E-state index contributed by atoms with van der Waals surface area (Å²) in [4.78, 5) is 45.4. The highest BCUT2D eigenvalue weighted by molar-refractivity contribution is 5.80. The molecule has 0 aromatic carbocycles. The van der Waals surface area contributed by atoms with E-state index in [4.69, 9.17) is 19.3 Å². The maximum absolute atomic E-state index is 11.6. The third-order valence-electron chi connectivity index (χ3n) is 3.51. The highest BCUT2D eigenvalue weighted by Gasteiger charge is 2.27. The Labute approximate surface area is 196 Å². The smallest absolute Gasteiger partial charge is 0.311 e. The van der Waals surface area contributed by atoms with E-state index in [1.165, 1.54) is 14.2 Å². The highest BCUT2D eigenvalue weighted by Crippen LogP contribution is 2.14. The molecular weight excluding hydrogens is 436 g/mol. The Kier molecular flexibility index (Phi) is 16.1. The molecule has 0 heterocycles. The molecule has 1 N–H and O–H groups in total. The number of methoxy groups -OCH3 is 2. The number of rotatable bonds is 11. The quantitative estimate of drug-likeness (QED) is 0.205. The molecule has 192 valence electrons. The topological polar surface area (TPSA) is 135 Å². The van der Waals surface area contributed by atoms with Crippen molar-refractivity contribution in [3.63, 3.8) is 0 Å². The maximum Gasteiger partial charge on any atom is 0.311 e. The van der Waals surface area contributed by atoms with Gasteiger partial charge in [-0.2, -0.15) is 0 Å². The highest BCUT2D eigenvalue weighted by atomic mass is 16.6. The van der Waals surface area contributed by atoms with Crippen molar-refractivity contribution in [3.05, 3.63) is 12.7 Å². The number of aliphatic hydroxyl groups is 1. The van der Waals surface area contributed by atoms with Crippen molar-refractivity contribution >= 4 is 23.9 Å². The Balaban J connectivity index is 0. The molecule has 0 rings (SSSR count). The summed E-state index contributed by atoms with van der Waals surface area (Å²) in [5, 5.41) is 8.87. The van der Waals surface area contributed by atoms with E-state index >= 15 is 0 Å². The molecule has 0 aromatic rings. The van der Waals surface area contributed by atoms with Gasteiger partial charge < -0.3 is 28.8 Å². The second-order valence-corrected chi connectivity index (χ2v) is 9.03. The summed E-state index contributed by atoms with van der Waals surface area (Å²) in [6.07, 6.45) is 1.35. The molecule has 0 aliphatic rings. The molecule has 33 heavy (non-hydrogen) atoms. The van der Waals surface area contributed by atoms with Crippen molar-refractivity contribution in [2.45, 2.75) is 65.6 Å². The fourth-order valence-corrected chi connectivity index (χ4v) is 2.23. The fourth-order valence-electron chi connectivity index (χ4n) is 2.23. The van der Waals surface area contributed by atoms with Gasteiger partial charge >= 0.3 is 23.9 Å². The molecule has 0 radical (unpaired) electrons. The van der Waals surface area contributed by atoms with Gasteiger partial charge in [-0.1, -0.05) is 6.08 Å². The van der Waals surface area contributed by atoms with Crippen LogP contribution in [0, 0.1) is 11.8 Å². The summed E-state index contributed by atoms with van der Waals surface area (Å²) in [5.74, 6) is -3.55. The maximum atomic E-state index is 11.6. The number of carbonyl (C=O) groups excluding carboxylic acids is 4. The van der Waals surface area contributed by atoms with E-state index in [1.54, 1.807) is 47.6 Å². The predicted molar refractivity (Wildman–Crippen MR) is 120 cm³/mol. The monoisotopic (exact) mass is 476 g/mol. The van der Waals surface area contributed by atoms with Crippen molar-refractivity contribution in [3.8, 4) is 0 Å². The van der Waals surface area contributed by atoms with Crippen LogP contribution in [0.3, 0.4) is 0 Å². The zero-order valence-corrected chi connectivity index (χ0v) is 21.1.